The van der Waals surface area contributed by atoms with Gasteiger partial charge in [-0.1, -0.05) is 139 Å². The molecule has 0 spiro atoms. The van der Waals surface area contributed by atoms with E-state index in [0.29, 0.717) is 6.61 Å². The largest absolute Gasteiger partial charge is 0.475 e. The second kappa shape index (κ2) is 11.1. The summed E-state index contributed by atoms with van der Waals surface area (Å²) in [5, 5.41) is 3.94. The van der Waals surface area contributed by atoms with Gasteiger partial charge in [-0.05, 0) is 63.8 Å². The Bertz CT molecular complexity index is 1370. The van der Waals surface area contributed by atoms with E-state index in [1.165, 1.54) is 32.6 Å². The van der Waals surface area contributed by atoms with Crippen LogP contribution < -0.4 is 15.9 Å². The molecule has 1 atom stereocenters. The highest BCUT2D eigenvalue weighted by molar-refractivity contribution is 7.80. The normalized spacial score (nSPS) is 15.8. The van der Waals surface area contributed by atoms with Crippen molar-refractivity contribution >= 4 is 29.7 Å². The molecule has 3 heteroatoms. The number of nitrogens with zero attached hydrogens (tertiary/aromatic N) is 1. The van der Waals surface area contributed by atoms with E-state index in [9.17, 15) is 0 Å². The number of hydrogen-bond donors (Lipinski definition) is 0. The van der Waals surface area contributed by atoms with Crippen molar-refractivity contribution in [1.82, 2.24) is 0 Å². The van der Waals surface area contributed by atoms with Gasteiger partial charge in [0, 0.05) is 5.56 Å². The molecule has 200 valence electrons. The topological polar surface area (TPSA) is 21.6 Å². The fourth-order valence-electron chi connectivity index (χ4n) is 5.05. The van der Waals surface area contributed by atoms with Crippen LogP contribution in [0.2, 0.25) is 0 Å². The van der Waals surface area contributed by atoms with Crippen molar-refractivity contribution in [3.05, 3.63) is 125 Å². The van der Waals surface area contributed by atoms with Crippen LogP contribution in [0.25, 0.3) is 0 Å². The molecule has 0 fully saturated rings. The first kappa shape index (κ1) is 27.4. The second-order valence-corrected chi connectivity index (χ2v) is 14.7. The fraction of sp³-hybridized carbons (Fsp3) is 0.306. The highest BCUT2D eigenvalue weighted by Gasteiger charge is 2.27. The van der Waals surface area contributed by atoms with Crippen LogP contribution in [0.15, 0.2) is 108 Å². The van der Waals surface area contributed by atoms with E-state index in [0.717, 1.165) is 17.9 Å². The predicted octanol–water partition coefficient (Wildman–Crippen LogP) is 7.43. The molecule has 0 aromatic heterocycles. The highest BCUT2D eigenvalue weighted by Crippen LogP contribution is 2.35. The summed E-state index contributed by atoms with van der Waals surface area (Å²) in [7, 11) is -0.741. The van der Waals surface area contributed by atoms with Gasteiger partial charge in [0.25, 0.3) is 0 Å². The third-order valence-electron chi connectivity index (χ3n) is 7.31. The third kappa shape index (κ3) is 6.34. The summed E-state index contributed by atoms with van der Waals surface area (Å²) in [4.78, 5) is 5.17. The van der Waals surface area contributed by atoms with Crippen LogP contribution in [0, 0.1) is 0 Å². The molecule has 4 aromatic rings. The molecule has 0 amide bonds. The fourth-order valence-corrected chi connectivity index (χ4v) is 7.49. The van der Waals surface area contributed by atoms with Gasteiger partial charge >= 0.3 is 0 Å². The number of ether oxygens (including phenoxy) is 1. The van der Waals surface area contributed by atoms with Gasteiger partial charge in [0.05, 0.1) is 6.04 Å². The minimum absolute atomic E-state index is 0.0988. The molecule has 2 nitrogen and oxygen atoms in total. The molecule has 1 heterocycles. The van der Waals surface area contributed by atoms with E-state index >= 15 is 0 Å². The van der Waals surface area contributed by atoms with Crippen molar-refractivity contribution in [2.45, 2.75) is 64.8 Å². The minimum atomic E-state index is -0.741. The predicted molar refractivity (Wildman–Crippen MR) is 169 cm³/mol. The lowest BCUT2D eigenvalue weighted by Gasteiger charge is -2.26. The van der Waals surface area contributed by atoms with E-state index in [1.807, 2.05) is 0 Å². The molecule has 0 radical (unpaired) electrons. The molecule has 0 saturated carbocycles. The van der Waals surface area contributed by atoms with Gasteiger partial charge in [-0.3, -0.25) is 0 Å². The molecular weight excluding hydrogens is 493 g/mol. The van der Waals surface area contributed by atoms with Crippen molar-refractivity contribution in [2.75, 3.05) is 6.61 Å². The van der Waals surface area contributed by atoms with Crippen LogP contribution in [0.4, 0.5) is 0 Å². The zero-order chi connectivity index (χ0) is 27.6. The number of benzene rings is 4. The summed E-state index contributed by atoms with van der Waals surface area (Å²) in [5.74, 6) is 0.776. The van der Waals surface area contributed by atoms with Crippen LogP contribution in [0.5, 0.6) is 0 Å². The maximum absolute atomic E-state index is 6.34. The van der Waals surface area contributed by atoms with Crippen LogP contribution >= 0.6 is 7.92 Å². The first-order chi connectivity index (χ1) is 18.6. The molecule has 4 aromatic carbocycles. The first-order valence-corrected chi connectivity index (χ1v) is 15.3. The average Bonchev–Trinajstić information content (AvgIpc) is 3.37. The van der Waals surface area contributed by atoms with Gasteiger partial charge in [-0.2, -0.15) is 0 Å². The van der Waals surface area contributed by atoms with E-state index in [1.54, 1.807) is 0 Å². The maximum atomic E-state index is 6.34. The standard InChI is InChI=1S/C36H40NOP/c1-35(2,3)27-21-26(22-28(24-27)36(4,5)6)23-29-25-38-34(37-29)32-19-13-14-20-33(32)39(30-15-9-7-10-16-30)31-17-11-8-12-18-31/h7-22,24,29H,23,25H2,1-6H3/t29-/m0/s1. The number of aliphatic imine (C=N–C) groups is 1. The smallest absolute Gasteiger partial charge is 0.217 e. The van der Waals surface area contributed by atoms with Crippen LogP contribution in [0.1, 0.15) is 63.8 Å². The van der Waals surface area contributed by atoms with Crippen molar-refractivity contribution in [3.63, 3.8) is 0 Å². The summed E-state index contributed by atoms with van der Waals surface area (Å²) in [6.45, 7) is 14.4. The molecule has 0 saturated heterocycles. The summed E-state index contributed by atoms with van der Waals surface area (Å²) >= 11 is 0. The summed E-state index contributed by atoms with van der Waals surface area (Å²) in [6.07, 6.45) is 0.880. The van der Waals surface area contributed by atoms with E-state index in [4.69, 9.17) is 9.73 Å². The van der Waals surface area contributed by atoms with E-state index in [-0.39, 0.29) is 16.9 Å². The molecule has 1 aliphatic heterocycles. The minimum Gasteiger partial charge on any atom is -0.475 e. The molecule has 0 unspecified atom stereocenters. The van der Waals surface area contributed by atoms with Gasteiger partial charge in [-0.15, -0.1) is 0 Å². The summed E-state index contributed by atoms with van der Waals surface area (Å²) < 4.78 is 6.34. The Morgan fingerprint density at radius 1 is 0.692 bits per heavy atom. The lowest BCUT2D eigenvalue weighted by Crippen LogP contribution is -2.25. The molecule has 39 heavy (non-hydrogen) atoms. The molecule has 5 rings (SSSR count). The monoisotopic (exact) mass is 533 g/mol. The van der Waals surface area contributed by atoms with Crippen LogP contribution in [-0.4, -0.2) is 18.5 Å². The van der Waals surface area contributed by atoms with Gasteiger partial charge < -0.3 is 4.74 Å². The first-order valence-electron chi connectivity index (χ1n) is 13.9. The maximum Gasteiger partial charge on any atom is 0.217 e. The highest BCUT2D eigenvalue weighted by atomic mass is 31.1. The Kier molecular flexibility index (Phi) is 7.79. The van der Waals surface area contributed by atoms with Crippen molar-refractivity contribution < 1.29 is 4.74 Å². The Morgan fingerprint density at radius 3 is 1.74 bits per heavy atom. The molecule has 1 aliphatic rings. The Balaban J connectivity index is 1.50. The Labute approximate surface area is 235 Å². The average molecular weight is 534 g/mol. The van der Waals surface area contributed by atoms with Crippen molar-refractivity contribution in [2.24, 2.45) is 4.99 Å². The molecule has 0 aliphatic carbocycles. The van der Waals surface area contributed by atoms with E-state index < -0.39 is 7.92 Å². The molecule has 0 N–H and O–H groups in total. The van der Waals surface area contributed by atoms with Gasteiger partial charge in [0.15, 0.2) is 0 Å². The lowest BCUT2D eigenvalue weighted by molar-refractivity contribution is 0.317. The van der Waals surface area contributed by atoms with Gasteiger partial charge in [0.1, 0.15) is 6.61 Å². The Hall–Kier alpha value is -3.22. The van der Waals surface area contributed by atoms with Crippen molar-refractivity contribution in [1.29, 1.82) is 0 Å². The number of hydrogen-bond acceptors (Lipinski definition) is 2. The number of rotatable bonds is 6. The molecular formula is C36H40NOP. The molecule has 0 bridgehead atoms. The third-order valence-corrected chi connectivity index (χ3v) is 9.81. The van der Waals surface area contributed by atoms with Crippen LogP contribution in [0.3, 0.4) is 0 Å². The van der Waals surface area contributed by atoms with Gasteiger partial charge in [-0.25, -0.2) is 4.99 Å². The Morgan fingerprint density at radius 2 is 1.21 bits per heavy atom. The second-order valence-electron chi connectivity index (χ2n) is 12.5. The van der Waals surface area contributed by atoms with Crippen LogP contribution in [-0.2, 0) is 22.0 Å². The SMILES string of the molecule is CC(C)(C)c1cc(C[C@H]2COC(c3ccccc3P(c3ccccc3)c3ccccc3)=N2)cc(C(C)(C)C)c1. The van der Waals surface area contributed by atoms with Crippen molar-refractivity contribution in [3.8, 4) is 0 Å². The summed E-state index contributed by atoms with van der Waals surface area (Å²) in [5.41, 5.74) is 5.42. The lowest BCUT2D eigenvalue weighted by atomic mass is 9.79. The summed E-state index contributed by atoms with van der Waals surface area (Å²) in [6, 6.07) is 37.6. The van der Waals surface area contributed by atoms with E-state index in [2.05, 4.69) is 145 Å². The zero-order valence-corrected chi connectivity index (χ0v) is 25.0. The van der Waals surface area contributed by atoms with Gasteiger partial charge in [0.2, 0.25) is 5.90 Å². The zero-order valence-electron chi connectivity index (χ0n) is 24.1. The quantitative estimate of drug-likeness (QED) is 0.236.